The number of piperidine rings is 1. The Balaban J connectivity index is 1.45. The lowest BCUT2D eigenvalue weighted by Gasteiger charge is -2.38. The quantitative estimate of drug-likeness (QED) is 0.777. The monoisotopic (exact) mass is 435 g/mol. The smallest absolute Gasteiger partial charge is 0.265 e. The van der Waals surface area contributed by atoms with E-state index >= 15 is 0 Å². The van der Waals surface area contributed by atoms with Crippen LogP contribution in [0, 0.1) is 13.8 Å². The van der Waals surface area contributed by atoms with Crippen molar-refractivity contribution in [3.8, 4) is 5.75 Å². The SMILES string of the molecule is Cc1ccc(C(C)NC(=O)CN2CC(C(=O)N3CCCCC3)Oc3ccccc32)cc1C. The second-order valence-corrected chi connectivity index (χ2v) is 8.97. The molecule has 2 heterocycles. The lowest BCUT2D eigenvalue weighted by Crippen LogP contribution is -2.53. The van der Waals surface area contributed by atoms with Crippen molar-refractivity contribution in [3.63, 3.8) is 0 Å². The van der Waals surface area contributed by atoms with Crippen LogP contribution in [0.4, 0.5) is 5.69 Å². The fourth-order valence-electron chi connectivity index (χ4n) is 4.48. The summed E-state index contributed by atoms with van der Waals surface area (Å²) in [7, 11) is 0. The summed E-state index contributed by atoms with van der Waals surface area (Å²) >= 11 is 0. The first-order chi connectivity index (χ1) is 15.4. The van der Waals surface area contributed by atoms with Gasteiger partial charge in [0.05, 0.1) is 24.8 Å². The summed E-state index contributed by atoms with van der Waals surface area (Å²) in [6.07, 6.45) is 2.66. The number of amides is 2. The van der Waals surface area contributed by atoms with Crippen molar-refractivity contribution in [1.82, 2.24) is 10.2 Å². The van der Waals surface area contributed by atoms with E-state index in [4.69, 9.17) is 4.74 Å². The summed E-state index contributed by atoms with van der Waals surface area (Å²) < 4.78 is 6.07. The molecule has 0 radical (unpaired) electrons. The Labute approximate surface area is 190 Å². The lowest BCUT2D eigenvalue weighted by atomic mass is 10.0. The zero-order valence-electron chi connectivity index (χ0n) is 19.3. The molecule has 2 aromatic rings. The molecule has 6 nitrogen and oxygen atoms in total. The van der Waals surface area contributed by atoms with E-state index in [2.05, 4.69) is 37.4 Å². The number of hydrogen-bond acceptors (Lipinski definition) is 4. The average Bonchev–Trinajstić information content (AvgIpc) is 2.80. The third kappa shape index (κ3) is 4.90. The van der Waals surface area contributed by atoms with Crippen LogP contribution in [0.1, 0.15) is 48.9 Å². The number of para-hydroxylation sites is 2. The van der Waals surface area contributed by atoms with Gasteiger partial charge in [0.25, 0.3) is 5.91 Å². The van der Waals surface area contributed by atoms with Crippen molar-refractivity contribution < 1.29 is 14.3 Å². The maximum Gasteiger partial charge on any atom is 0.265 e. The minimum absolute atomic E-state index is 0.0214. The van der Waals surface area contributed by atoms with Crippen molar-refractivity contribution in [2.24, 2.45) is 0 Å². The van der Waals surface area contributed by atoms with Gasteiger partial charge in [-0.2, -0.15) is 0 Å². The van der Waals surface area contributed by atoms with Gasteiger partial charge in [-0.25, -0.2) is 0 Å². The molecule has 4 rings (SSSR count). The highest BCUT2D eigenvalue weighted by atomic mass is 16.5. The highest BCUT2D eigenvalue weighted by molar-refractivity contribution is 5.86. The Kier molecular flexibility index (Phi) is 6.68. The third-order valence-electron chi connectivity index (χ3n) is 6.55. The van der Waals surface area contributed by atoms with Gasteiger partial charge in [-0.1, -0.05) is 30.3 Å². The van der Waals surface area contributed by atoms with E-state index in [0.717, 1.165) is 37.2 Å². The number of hydrogen-bond donors (Lipinski definition) is 1. The van der Waals surface area contributed by atoms with E-state index in [1.807, 2.05) is 41.0 Å². The fourth-order valence-corrected chi connectivity index (χ4v) is 4.48. The zero-order valence-corrected chi connectivity index (χ0v) is 19.3. The first-order valence-corrected chi connectivity index (χ1v) is 11.6. The number of nitrogens with zero attached hydrogens (tertiary/aromatic N) is 2. The lowest BCUT2D eigenvalue weighted by molar-refractivity contribution is -0.139. The minimum atomic E-state index is -0.590. The van der Waals surface area contributed by atoms with E-state index < -0.39 is 6.10 Å². The molecule has 0 aliphatic carbocycles. The molecule has 170 valence electrons. The highest BCUT2D eigenvalue weighted by Gasteiger charge is 2.34. The van der Waals surface area contributed by atoms with Gasteiger partial charge in [-0.05, 0) is 68.9 Å². The number of fused-ring (bicyclic) bond motifs is 1. The molecule has 6 heteroatoms. The van der Waals surface area contributed by atoms with Crippen molar-refractivity contribution in [3.05, 3.63) is 59.2 Å². The Bertz CT molecular complexity index is 984. The van der Waals surface area contributed by atoms with Crippen molar-refractivity contribution in [2.45, 2.75) is 52.2 Å². The first-order valence-electron chi connectivity index (χ1n) is 11.6. The van der Waals surface area contributed by atoms with Gasteiger partial charge in [0.2, 0.25) is 5.91 Å². The van der Waals surface area contributed by atoms with Gasteiger partial charge < -0.3 is 19.9 Å². The molecule has 0 aromatic heterocycles. The predicted octanol–water partition coefficient (Wildman–Crippen LogP) is 3.76. The largest absolute Gasteiger partial charge is 0.477 e. The topological polar surface area (TPSA) is 61.9 Å². The highest BCUT2D eigenvalue weighted by Crippen LogP contribution is 2.33. The van der Waals surface area contributed by atoms with Crippen LogP contribution < -0.4 is 15.0 Å². The van der Waals surface area contributed by atoms with Gasteiger partial charge in [-0.15, -0.1) is 0 Å². The molecule has 0 spiro atoms. The molecule has 2 aromatic carbocycles. The van der Waals surface area contributed by atoms with Crippen molar-refractivity contribution in [1.29, 1.82) is 0 Å². The number of carbonyl (C=O) groups excluding carboxylic acids is 2. The average molecular weight is 436 g/mol. The number of aryl methyl sites for hydroxylation is 2. The predicted molar refractivity (Wildman–Crippen MR) is 126 cm³/mol. The maximum atomic E-state index is 13.1. The number of anilines is 1. The number of nitrogens with one attached hydrogen (secondary N) is 1. The number of likely N-dealkylation sites (tertiary alicyclic amines) is 1. The van der Waals surface area contributed by atoms with E-state index in [0.29, 0.717) is 12.3 Å². The van der Waals surface area contributed by atoms with Crippen molar-refractivity contribution in [2.75, 3.05) is 31.1 Å². The summed E-state index contributed by atoms with van der Waals surface area (Å²) in [4.78, 5) is 29.9. The van der Waals surface area contributed by atoms with Gasteiger partial charge in [0.1, 0.15) is 5.75 Å². The van der Waals surface area contributed by atoms with Crippen molar-refractivity contribution >= 4 is 17.5 Å². The third-order valence-corrected chi connectivity index (χ3v) is 6.55. The van der Waals surface area contributed by atoms with E-state index in [9.17, 15) is 9.59 Å². The molecule has 1 N–H and O–H groups in total. The molecule has 2 amide bonds. The minimum Gasteiger partial charge on any atom is -0.477 e. The number of benzene rings is 2. The Morgan fingerprint density at radius 2 is 1.81 bits per heavy atom. The number of ether oxygens (including phenoxy) is 1. The van der Waals surface area contributed by atoms with Gasteiger partial charge in [-0.3, -0.25) is 9.59 Å². The van der Waals surface area contributed by atoms with Crippen LogP contribution >= 0.6 is 0 Å². The summed E-state index contributed by atoms with van der Waals surface area (Å²) in [6.45, 7) is 8.29. The molecule has 1 fully saturated rings. The van der Waals surface area contributed by atoms with Crippen LogP contribution in [0.2, 0.25) is 0 Å². The van der Waals surface area contributed by atoms with Crippen LogP contribution in [0.5, 0.6) is 5.75 Å². The molecular formula is C26H33N3O3. The van der Waals surface area contributed by atoms with E-state index in [1.54, 1.807) is 0 Å². The zero-order chi connectivity index (χ0) is 22.7. The fraction of sp³-hybridized carbons (Fsp3) is 0.462. The molecule has 32 heavy (non-hydrogen) atoms. The Hall–Kier alpha value is -3.02. The number of carbonyl (C=O) groups is 2. The maximum absolute atomic E-state index is 13.1. The van der Waals surface area contributed by atoms with E-state index in [1.165, 1.54) is 17.5 Å². The van der Waals surface area contributed by atoms with Crippen LogP contribution in [0.25, 0.3) is 0 Å². The summed E-state index contributed by atoms with van der Waals surface area (Å²) in [5, 5.41) is 3.11. The molecule has 0 saturated carbocycles. The number of rotatable bonds is 5. The Morgan fingerprint density at radius 1 is 1.06 bits per heavy atom. The standard InChI is InChI=1S/C26H33N3O3/c1-18-11-12-21(15-19(18)2)20(3)27-25(30)17-29-16-24(26(31)28-13-7-4-8-14-28)32-23-10-6-5-9-22(23)29/h5-6,9-12,15,20,24H,4,7-8,13-14,16-17H2,1-3H3,(H,27,30). The van der Waals surface area contributed by atoms with Crippen LogP contribution in [0.3, 0.4) is 0 Å². The second-order valence-electron chi connectivity index (χ2n) is 8.97. The molecule has 2 atom stereocenters. The van der Waals surface area contributed by atoms with E-state index in [-0.39, 0.29) is 24.4 Å². The van der Waals surface area contributed by atoms with Gasteiger partial charge >= 0.3 is 0 Å². The summed E-state index contributed by atoms with van der Waals surface area (Å²) in [6, 6.07) is 13.8. The first kappa shape index (κ1) is 22.2. The van der Waals surface area contributed by atoms with Gasteiger partial charge in [0.15, 0.2) is 6.10 Å². The molecule has 1 saturated heterocycles. The second kappa shape index (κ2) is 9.63. The Morgan fingerprint density at radius 3 is 2.56 bits per heavy atom. The van der Waals surface area contributed by atoms with Crippen LogP contribution in [-0.2, 0) is 9.59 Å². The van der Waals surface area contributed by atoms with Crippen LogP contribution in [0.15, 0.2) is 42.5 Å². The molecule has 2 aliphatic heterocycles. The van der Waals surface area contributed by atoms with Crippen LogP contribution in [-0.4, -0.2) is 49.0 Å². The van der Waals surface area contributed by atoms with Gasteiger partial charge in [0, 0.05) is 13.1 Å². The summed E-state index contributed by atoms with van der Waals surface area (Å²) in [5.74, 6) is 0.605. The normalized spacial score (nSPS) is 19.0. The molecule has 0 bridgehead atoms. The molecule has 2 unspecified atom stereocenters. The summed E-state index contributed by atoms with van der Waals surface area (Å²) in [5.41, 5.74) is 4.39. The molecule has 2 aliphatic rings. The molecular weight excluding hydrogens is 402 g/mol.